The van der Waals surface area contributed by atoms with Crippen molar-refractivity contribution >= 4 is 34.7 Å². The molecule has 3 rings (SSSR count). The van der Waals surface area contributed by atoms with Crippen LogP contribution in [0, 0.1) is 10.1 Å². The van der Waals surface area contributed by atoms with Crippen molar-refractivity contribution in [3.8, 4) is 0 Å². The standard InChI is InChI=1S/C20H21N3O4S/c1-2-13-28-19-6-4-3-5-17(19)21-20(24)16-14-15(23(25)26)7-8-18(16)22-9-11-27-12-10-22/h2-8,14H,1,9-13H2,(H,21,24). The highest BCUT2D eigenvalue weighted by atomic mass is 32.2. The van der Waals surface area contributed by atoms with Crippen molar-refractivity contribution in [2.24, 2.45) is 0 Å². The molecular weight excluding hydrogens is 378 g/mol. The lowest BCUT2D eigenvalue weighted by Crippen LogP contribution is -2.37. The molecule has 1 aliphatic rings. The third-order valence-electron chi connectivity index (χ3n) is 4.28. The Balaban J connectivity index is 1.92. The zero-order chi connectivity index (χ0) is 19.9. The summed E-state index contributed by atoms with van der Waals surface area (Å²) in [6.45, 7) is 6.08. The van der Waals surface area contributed by atoms with Crippen molar-refractivity contribution in [2.75, 3.05) is 42.3 Å². The molecule has 1 amide bonds. The second-order valence-corrected chi connectivity index (χ2v) is 7.17. The van der Waals surface area contributed by atoms with E-state index in [0.29, 0.717) is 43.4 Å². The van der Waals surface area contributed by atoms with Crippen LogP contribution in [0.15, 0.2) is 60.0 Å². The first kappa shape index (κ1) is 19.9. The number of ether oxygens (including phenoxy) is 1. The second-order valence-electron chi connectivity index (χ2n) is 6.11. The van der Waals surface area contributed by atoms with Gasteiger partial charge in [0.15, 0.2) is 0 Å². The summed E-state index contributed by atoms with van der Waals surface area (Å²) in [5.41, 5.74) is 1.50. The molecule has 0 unspecified atom stereocenters. The Kier molecular flexibility index (Phi) is 6.67. The molecule has 0 aliphatic carbocycles. The highest BCUT2D eigenvalue weighted by molar-refractivity contribution is 7.99. The largest absolute Gasteiger partial charge is 0.378 e. The van der Waals surface area contributed by atoms with E-state index in [2.05, 4.69) is 11.9 Å². The maximum absolute atomic E-state index is 13.1. The Morgan fingerprint density at radius 2 is 2.04 bits per heavy atom. The number of para-hydroxylation sites is 1. The summed E-state index contributed by atoms with van der Waals surface area (Å²) in [7, 11) is 0. The number of morpholine rings is 1. The summed E-state index contributed by atoms with van der Waals surface area (Å²) in [5, 5.41) is 14.1. The number of hydrogen-bond donors (Lipinski definition) is 1. The average molecular weight is 399 g/mol. The van der Waals surface area contributed by atoms with Crippen LogP contribution in [0.3, 0.4) is 0 Å². The van der Waals surface area contributed by atoms with Crippen LogP contribution >= 0.6 is 11.8 Å². The van der Waals surface area contributed by atoms with Crippen LogP contribution in [0.4, 0.5) is 17.1 Å². The van der Waals surface area contributed by atoms with Gasteiger partial charge in [-0.3, -0.25) is 14.9 Å². The van der Waals surface area contributed by atoms with E-state index in [1.807, 2.05) is 29.2 Å². The third-order valence-corrected chi connectivity index (χ3v) is 5.35. The molecular formula is C20H21N3O4S. The van der Waals surface area contributed by atoms with Crippen molar-refractivity contribution in [1.82, 2.24) is 0 Å². The third kappa shape index (κ3) is 4.71. The number of amides is 1. The second kappa shape index (κ2) is 9.38. The van der Waals surface area contributed by atoms with Gasteiger partial charge < -0.3 is 15.0 Å². The van der Waals surface area contributed by atoms with Gasteiger partial charge in [0, 0.05) is 35.9 Å². The van der Waals surface area contributed by atoms with Crippen LogP contribution in [-0.2, 0) is 4.74 Å². The fourth-order valence-corrected chi connectivity index (χ4v) is 3.68. The molecule has 7 nitrogen and oxygen atoms in total. The van der Waals surface area contributed by atoms with Gasteiger partial charge in [-0.05, 0) is 18.2 Å². The van der Waals surface area contributed by atoms with Crippen LogP contribution in [-0.4, -0.2) is 42.9 Å². The SMILES string of the molecule is C=CCSc1ccccc1NC(=O)c1cc([N+](=O)[O-])ccc1N1CCOCC1. The molecule has 2 aromatic carbocycles. The van der Waals surface area contributed by atoms with Crippen molar-refractivity contribution in [1.29, 1.82) is 0 Å². The van der Waals surface area contributed by atoms with Crippen LogP contribution in [0.2, 0.25) is 0 Å². The van der Waals surface area contributed by atoms with Crippen LogP contribution in [0.5, 0.6) is 0 Å². The number of rotatable bonds is 7. The van der Waals surface area contributed by atoms with E-state index < -0.39 is 4.92 Å². The fraction of sp³-hybridized carbons (Fsp3) is 0.250. The molecule has 0 spiro atoms. The first-order valence-electron chi connectivity index (χ1n) is 8.85. The van der Waals surface area contributed by atoms with E-state index in [0.717, 1.165) is 4.90 Å². The molecule has 1 saturated heterocycles. The van der Waals surface area contributed by atoms with Crippen LogP contribution in [0.25, 0.3) is 0 Å². The minimum atomic E-state index is -0.492. The number of hydrogen-bond acceptors (Lipinski definition) is 6. The minimum absolute atomic E-state index is 0.114. The smallest absolute Gasteiger partial charge is 0.270 e. The Bertz CT molecular complexity index is 882. The van der Waals surface area contributed by atoms with Gasteiger partial charge in [-0.15, -0.1) is 18.3 Å². The zero-order valence-electron chi connectivity index (χ0n) is 15.3. The van der Waals surface area contributed by atoms with Crippen molar-refractivity contribution in [2.45, 2.75) is 4.90 Å². The van der Waals surface area contributed by atoms with Gasteiger partial charge in [-0.25, -0.2) is 0 Å². The highest BCUT2D eigenvalue weighted by Crippen LogP contribution is 2.30. The molecule has 2 aromatic rings. The van der Waals surface area contributed by atoms with E-state index in [4.69, 9.17) is 4.74 Å². The predicted octanol–water partition coefficient (Wildman–Crippen LogP) is 3.96. The average Bonchev–Trinajstić information content (AvgIpc) is 2.73. The Morgan fingerprint density at radius 1 is 1.29 bits per heavy atom. The van der Waals surface area contributed by atoms with Gasteiger partial charge >= 0.3 is 0 Å². The Morgan fingerprint density at radius 3 is 2.75 bits per heavy atom. The summed E-state index contributed by atoms with van der Waals surface area (Å²) < 4.78 is 5.37. The van der Waals surface area contributed by atoms with Crippen LogP contribution < -0.4 is 10.2 Å². The van der Waals surface area contributed by atoms with E-state index in [1.165, 1.54) is 12.1 Å². The van der Waals surface area contributed by atoms with Crippen molar-refractivity contribution in [3.63, 3.8) is 0 Å². The van der Waals surface area contributed by atoms with Gasteiger partial charge in [0.25, 0.3) is 11.6 Å². The normalized spacial score (nSPS) is 13.8. The quantitative estimate of drug-likeness (QED) is 0.328. The van der Waals surface area contributed by atoms with Gasteiger partial charge in [-0.1, -0.05) is 18.2 Å². The number of thioether (sulfide) groups is 1. The molecule has 0 atom stereocenters. The number of nitrogens with one attached hydrogen (secondary N) is 1. The minimum Gasteiger partial charge on any atom is -0.378 e. The molecule has 1 N–H and O–H groups in total. The summed E-state index contributed by atoms with van der Waals surface area (Å²) in [4.78, 5) is 26.7. The summed E-state index contributed by atoms with van der Waals surface area (Å²) in [6.07, 6.45) is 1.79. The number of carbonyl (C=O) groups is 1. The van der Waals surface area contributed by atoms with Crippen molar-refractivity contribution < 1.29 is 14.5 Å². The first-order valence-corrected chi connectivity index (χ1v) is 9.84. The van der Waals surface area contributed by atoms with Gasteiger partial charge in [0.05, 0.1) is 35.1 Å². The lowest BCUT2D eigenvalue weighted by molar-refractivity contribution is -0.384. The maximum Gasteiger partial charge on any atom is 0.270 e. The molecule has 0 radical (unpaired) electrons. The molecule has 8 heteroatoms. The molecule has 0 saturated carbocycles. The summed E-state index contributed by atoms with van der Waals surface area (Å²) >= 11 is 1.56. The number of nitro groups is 1. The Labute approximate surface area is 167 Å². The van der Waals surface area contributed by atoms with E-state index >= 15 is 0 Å². The number of benzene rings is 2. The van der Waals surface area contributed by atoms with E-state index in [-0.39, 0.29) is 17.2 Å². The van der Waals surface area contributed by atoms with Gasteiger partial charge in [-0.2, -0.15) is 0 Å². The molecule has 1 fully saturated rings. The van der Waals surface area contributed by atoms with Gasteiger partial charge in [0.1, 0.15) is 0 Å². The van der Waals surface area contributed by atoms with Crippen molar-refractivity contribution in [3.05, 3.63) is 70.8 Å². The molecule has 28 heavy (non-hydrogen) atoms. The lowest BCUT2D eigenvalue weighted by atomic mass is 10.1. The summed E-state index contributed by atoms with van der Waals surface area (Å²) in [6, 6.07) is 11.9. The van der Waals surface area contributed by atoms with Gasteiger partial charge in [0.2, 0.25) is 0 Å². The summed E-state index contributed by atoms with van der Waals surface area (Å²) in [5.74, 6) is 0.333. The number of carbonyl (C=O) groups excluding carboxylic acids is 1. The van der Waals surface area contributed by atoms with Crippen LogP contribution in [0.1, 0.15) is 10.4 Å². The molecule has 1 aliphatic heterocycles. The zero-order valence-corrected chi connectivity index (χ0v) is 16.1. The Hall–Kier alpha value is -2.84. The topological polar surface area (TPSA) is 84.7 Å². The maximum atomic E-state index is 13.1. The molecule has 146 valence electrons. The molecule has 0 bridgehead atoms. The van der Waals surface area contributed by atoms with E-state index in [9.17, 15) is 14.9 Å². The number of non-ortho nitro benzene ring substituents is 1. The number of nitro benzene ring substituents is 1. The van der Waals surface area contributed by atoms with E-state index in [1.54, 1.807) is 23.9 Å². The molecule has 0 aromatic heterocycles. The molecule has 1 heterocycles. The lowest BCUT2D eigenvalue weighted by Gasteiger charge is -2.30. The number of anilines is 2. The fourth-order valence-electron chi connectivity index (χ4n) is 2.93. The first-order chi connectivity index (χ1) is 13.6. The number of nitrogens with zero attached hydrogens (tertiary/aromatic N) is 2. The highest BCUT2D eigenvalue weighted by Gasteiger charge is 2.22. The monoisotopic (exact) mass is 399 g/mol. The predicted molar refractivity (Wildman–Crippen MR) is 111 cm³/mol.